The highest BCUT2D eigenvalue weighted by atomic mass is 79.9. The summed E-state index contributed by atoms with van der Waals surface area (Å²) in [4.78, 5) is 0. The Morgan fingerprint density at radius 3 is 0.867 bits per heavy atom. The monoisotopic (exact) mass is 1160 g/mol. The average molecular weight is 1160 g/mol. The van der Waals surface area contributed by atoms with Crippen molar-refractivity contribution in [1.29, 1.82) is 0 Å². The Bertz CT molecular complexity index is 2760. The molecular formula is C48H25BBrF24N. The van der Waals surface area contributed by atoms with E-state index in [4.69, 9.17) is 0 Å². The lowest BCUT2D eigenvalue weighted by Crippen LogP contribution is -2.75. The quantitative estimate of drug-likeness (QED) is 0.0888. The summed E-state index contributed by atoms with van der Waals surface area (Å²) in [5, 5.41) is 1.25. The van der Waals surface area contributed by atoms with Gasteiger partial charge in [0.05, 0.1) is 44.5 Å². The van der Waals surface area contributed by atoms with Crippen molar-refractivity contribution in [2.24, 2.45) is 0 Å². The Kier molecular flexibility index (Phi) is 15.4. The highest BCUT2D eigenvalue weighted by molar-refractivity contribution is 9.10. The zero-order valence-corrected chi connectivity index (χ0v) is 38.0. The number of rotatable bonds is 6. The van der Waals surface area contributed by atoms with Gasteiger partial charge in [-0.05, 0) is 42.5 Å². The molecule has 0 N–H and O–H groups in total. The summed E-state index contributed by atoms with van der Waals surface area (Å²) >= 11 is 3.51. The molecule has 0 amide bonds. The second-order valence-electron chi connectivity index (χ2n) is 16.5. The minimum absolute atomic E-state index is 0.691. The fourth-order valence-corrected chi connectivity index (χ4v) is 8.62. The van der Waals surface area contributed by atoms with Gasteiger partial charge in [0.15, 0.2) is 12.7 Å². The second-order valence-corrected chi connectivity index (χ2v) is 17.5. The van der Waals surface area contributed by atoms with Gasteiger partial charge >= 0.3 is 49.4 Å². The smallest absolute Gasteiger partial charge is 0.194 e. The fourth-order valence-electron chi connectivity index (χ4n) is 8.24. The third-order valence-electron chi connectivity index (χ3n) is 11.5. The summed E-state index contributed by atoms with van der Waals surface area (Å²) in [6.45, 7) is 0.903. The van der Waals surface area contributed by atoms with Crippen molar-refractivity contribution in [3.63, 3.8) is 0 Å². The number of aromatic nitrogens is 1. The first-order chi connectivity index (χ1) is 34.1. The molecule has 7 aromatic rings. The van der Waals surface area contributed by atoms with E-state index in [-0.39, 0.29) is 0 Å². The van der Waals surface area contributed by atoms with E-state index in [0.29, 0.717) is 0 Å². The minimum Gasteiger partial charge on any atom is -0.194 e. The molecule has 0 saturated carbocycles. The molecular weight excluding hydrogens is 1140 g/mol. The normalized spacial score (nSPS) is 13.5. The maximum atomic E-state index is 14.2. The summed E-state index contributed by atoms with van der Waals surface area (Å²) in [6.07, 6.45) is -52.7. The van der Waals surface area contributed by atoms with Crippen LogP contribution in [0.25, 0.3) is 10.9 Å². The average Bonchev–Trinajstić information content (AvgIpc) is 3.27. The zero-order chi connectivity index (χ0) is 56.3. The standard InChI is InChI=1S/C32H12BF24.C16H13BrN/c34-25(35,36)13-1-14(26(37,38)39)6-21(5-13)33(22-7-15(27(40,41)42)2-16(8-22)28(43,44)45,23-9-17(29(46,47)48)3-18(10-23)30(49,50)51)24-11-19(31(52,53)54)4-20(12-24)32(55,56)57;17-15-8-9-16-14(11-15)7-4-10-18(16)12-13-5-2-1-3-6-13/h1-12H;1-11H,12H2/q-1;+1. The van der Waals surface area contributed by atoms with Gasteiger partial charge in [-0.2, -0.15) is 132 Å². The number of pyridine rings is 1. The molecule has 0 bridgehead atoms. The van der Waals surface area contributed by atoms with Crippen LogP contribution in [0.5, 0.6) is 0 Å². The first-order valence-electron chi connectivity index (χ1n) is 20.6. The summed E-state index contributed by atoms with van der Waals surface area (Å²) in [7, 11) is 0. The predicted octanol–water partition coefficient (Wildman–Crippen LogP) is 15.2. The number of halogens is 25. The van der Waals surface area contributed by atoms with Crippen LogP contribution in [0.15, 0.2) is 144 Å². The third kappa shape index (κ3) is 13.2. The molecule has 0 fully saturated rings. The van der Waals surface area contributed by atoms with Crippen LogP contribution in [0.4, 0.5) is 105 Å². The van der Waals surface area contributed by atoms with E-state index in [1.807, 2.05) is 6.07 Å². The number of hydrogen-bond acceptors (Lipinski definition) is 0. The Morgan fingerprint density at radius 2 is 0.600 bits per heavy atom. The summed E-state index contributed by atoms with van der Waals surface area (Å²) in [6, 6.07) is 12.3. The SMILES string of the molecule is Brc1ccc2c(ccc[n+]2Cc2ccccc2)c1.FC(F)(F)c1cc([B-](c2cc(C(F)(F)F)cc(C(F)(F)F)c2)(c2cc(C(F)(F)F)cc(C(F)(F)F)c2)c2cc(C(F)(F)F)cc(C(F)(F)F)c2)cc(C(F)(F)F)c1. The van der Waals surface area contributed by atoms with Crippen LogP contribution in [0.1, 0.15) is 50.1 Å². The van der Waals surface area contributed by atoms with Gasteiger partial charge in [-0.25, -0.2) is 0 Å². The number of alkyl halides is 24. The van der Waals surface area contributed by atoms with Gasteiger partial charge in [-0.15, -0.1) is 0 Å². The minimum atomic E-state index is -6.13. The molecule has 75 heavy (non-hydrogen) atoms. The van der Waals surface area contributed by atoms with E-state index >= 15 is 0 Å². The van der Waals surface area contributed by atoms with Gasteiger partial charge in [0.25, 0.3) is 0 Å². The molecule has 1 nitrogen and oxygen atoms in total. The molecule has 400 valence electrons. The van der Waals surface area contributed by atoms with E-state index < -0.39 is 195 Å². The zero-order valence-electron chi connectivity index (χ0n) is 36.5. The van der Waals surface area contributed by atoms with Crippen molar-refractivity contribution in [2.75, 3.05) is 0 Å². The largest absolute Gasteiger partial charge is 0.416 e. The maximum Gasteiger partial charge on any atom is 0.416 e. The van der Waals surface area contributed by atoms with Gasteiger partial charge in [-0.1, -0.05) is 94.8 Å². The van der Waals surface area contributed by atoms with Gasteiger partial charge in [0, 0.05) is 27.6 Å². The van der Waals surface area contributed by atoms with Crippen molar-refractivity contribution >= 4 is 54.8 Å². The van der Waals surface area contributed by atoms with Crippen LogP contribution in [0, 0.1) is 0 Å². The predicted molar refractivity (Wildman–Crippen MR) is 227 cm³/mol. The van der Waals surface area contributed by atoms with Gasteiger partial charge < -0.3 is 0 Å². The van der Waals surface area contributed by atoms with Crippen molar-refractivity contribution in [3.05, 3.63) is 194 Å². The molecule has 0 radical (unpaired) electrons. The van der Waals surface area contributed by atoms with Crippen LogP contribution in [-0.4, -0.2) is 6.15 Å². The molecule has 0 saturated heterocycles. The van der Waals surface area contributed by atoms with Crippen molar-refractivity contribution in [1.82, 2.24) is 0 Å². The topological polar surface area (TPSA) is 3.88 Å². The lowest BCUT2D eigenvalue weighted by molar-refractivity contribution is -0.662. The lowest BCUT2D eigenvalue weighted by atomic mass is 9.12. The van der Waals surface area contributed by atoms with Gasteiger partial charge in [0.2, 0.25) is 5.52 Å². The molecule has 1 aromatic heterocycles. The molecule has 0 aliphatic heterocycles. The Hall–Kier alpha value is -6.41. The summed E-state index contributed by atoms with van der Waals surface area (Å²) < 4.78 is 344. The molecule has 0 aliphatic rings. The Balaban J connectivity index is 0.000000421. The molecule has 1 heterocycles. The molecule has 0 aliphatic carbocycles. The first-order valence-corrected chi connectivity index (χ1v) is 21.4. The maximum absolute atomic E-state index is 14.2. The lowest BCUT2D eigenvalue weighted by Gasteiger charge is -2.46. The number of benzene rings is 6. The molecule has 7 rings (SSSR count). The first kappa shape index (κ1) is 57.9. The molecule has 0 atom stereocenters. The highest BCUT2D eigenvalue weighted by Gasteiger charge is 2.47. The number of nitrogens with zero attached hydrogens (tertiary/aromatic N) is 1. The van der Waals surface area contributed by atoms with E-state index in [1.54, 1.807) is 0 Å². The summed E-state index contributed by atoms with van der Waals surface area (Å²) in [5.74, 6) is 0. The summed E-state index contributed by atoms with van der Waals surface area (Å²) in [5.41, 5.74) is -27.6. The van der Waals surface area contributed by atoms with Gasteiger partial charge in [0.1, 0.15) is 6.15 Å². The van der Waals surface area contributed by atoms with Crippen LogP contribution >= 0.6 is 15.9 Å². The van der Waals surface area contributed by atoms with Crippen LogP contribution < -0.4 is 26.4 Å². The van der Waals surface area contributed by atoms with Crippen LogP contribution in [0.3, 0.4) is 0 Å². The van der Waals surface area contributed by atoms with E-state index in [9.17, 15) is 105 Å². The molecule has 0 spiro atoms. The number of fused-ring (bicyclic) bond motifs is 1. The third-order valence-corrected chi connectivity index (χ3v) is 12.0. The van der Waals surface area contributed by atoms with Crippen molar-refractivity contribution in [2.45, 2.75) is 56.0 Å². The Morgan fingerprint density at radius 1 is 0.320 bits per heavy atom. The second kappa shape index (κ2) is 19.9. The highest BCUT2D eigenvalue weighted by Crippen LogP contribution is 2.41. The van der Waals surface area contributed by atoms with Gasteiger partial charge in [-0.3, -0.25) is 0 Å². The van der Waals surface area contributed by atoms with Crippen LogP contribution in [0.2, 0.25) is 0 Å². The van der Waals surface area contributed by atoms with E-state index in [0.717, 1.165) is 11.0 Å². The molecule has 0 unspecified atom stereocenters. The van der Waals surface area contributed by atoms with Crippen molar-refractivity contribution in [3.8, 4) is 0 Å². The fraction of sp³-hybridized carbons (Fsp3) is 0.188. The van der Waals surface area contributed by atoms with E-state index in [2.05, 4.69) is 81.3 Å². The number of hydrogen-bond donors (Lipinski definition) is 0. The van der Waals surface area contributed by atoms with E-state index in [1.165, 1.54) is 16.5 Å². The van der Waals surface area contributed by atoms with Crippen LogP contribution in [-0.2, 0) is 56.0 Å². The van der Waals surface area contributed by atoms with Crippen molar-refractivity contribution < 1.29 is 110 Å². The molecule has 27 heteroatoms. The Labute approximate surface area is 414 Å². The molecule has 6 aromatic carbocycles.